The molecule has 0 atom stereocenters. The molecule has 1 aliphatic carbocycles. The average Bonchev–Trinajstić information content (AvgIpc) is 3.24. The van der Waals surface area contributed by atoms with Crippen molar-refractivity contribution in [2.45, 2.75) is 32.1 Å². The van der Waals surface area contributed by atoms with Crippen LogP contribution in [0, 0.1) is 3.57 Å². The third-order valence-corrected chi connectivity index (χ3v) is 7.83. The van der Waals surface area contributed by atoms with Crippen LogP contribution < -0.4 is 0 Å². The summed E-state index contributed by atoms with van der Waals surface area (Å²) >= 11 is 4.22. The van der Waals surface area contributed by atoms with Crippen molar-refractivity contribution in [1.29, 1.82) is 0 Å². The van der Waals surface area contributed by atoms with Gasteiger partial charge >= 0.3 is 0 Å². The smallest absolute Gasteiger partial charge is 0.124 e. The fraction of sp³-hybridized carbons (Fsp3) is 0.208. The summed E-state index contributed by atoms with van der Waals surface area (Å²) in [6.07, 6.45) is 2.24. The first-order valence-electron chi connectivity index (χ1n) is 9.47. The molecular weight excluding hydrogens is 461 g/mol. The molecule has 0 fully saturated rings. The number of hydrogen-bond donors (Lipinski definition) is 0. The predicted molar refractivity (Wildman–Crippen MR) is 125 cm³/mol. The van der Waals surface area contributed by atoms with Crippen molar-refractivity contribution >= 4 is 44.1 Å². The molecule has 0 spiro atoms. The predicted octanol–water partition coefficient (Wildman–Crippen LogP) is 7.65. The van der Waals surface area contributed by atoms with Crippen LogP contribution >= 0.6 is 33.9 Å². The van der Waals surface area contributed by atoms with Gasteiger partial charge in [0.25, 0.3) is 0 Å². The Bertz CT molecular complexity index is 1140. The van der Waals surface area contributed by atoms with E-state index in [2.05, 4.69) is 97.1 Å². The van der Waals surface area contributed by atoms with Crippen molar-refractivity contribution in [3.8, 4) is 21.7 Å². The summed E-state index contributed by atoms with van der Waals surface area (Å²) in [5.41, 5.74) is 8.22. The molecule has 4 aromatic rings. The third-order valence-electron chi connectivity index (χ3n) is 6.07. The minimum absolute atomic E-state index is 0.110. The molecule has 0 amide bonds. The molecule has 0 saturated heterocycles. The standard InChI is InChI=1S/C24H20INS/c1-3-24(4-2)19-13-15(23-26-21-7-5-6-8-22(21)27-23)9-11-17(19)18-12-10-16(25)14-20(18)24/h5-14H,3-4H2,1-2H3. The highest BCUT2D eigenvalue weighted by molar-refractivity contribution is 14.1. The van der Waals surface area contributed by atoms with Crippen molar-refractivity contribution in [3.05, 3.63) is 75.4 Å². The highest BCUT2D eigenvalue weighted by Crippen LogP contribution is 2.53. The second-order valence-electron chi connectivity index (χ2n) is 7.23. The molecule has 1 heterocycles. The topological polar surface area (TPSA) is 12.9 Å². The molecule has 0 saturated carbocycles. The van der Waals surface area contributed by atoms with Crippen LogP contribution in [-0.2, 0) is 5.41 Å². The van der Waals surface area contributed by atoms with Crippen molar-refractivity contribution in [3.63, 3.8) is 0 Å². The minimum atomic E-state index is 0.110. The quantitative estimate of drug-likeness (QED) is 0.274. The van der Waals surface area contributed by atoms with E-state index in [1.807, 2.05) is 0 Å². The first-order chi connectivity index (χ1) is 13.2. The van der Waals surface area contributed by atoms with Crippen LogP contribution in [-0.4, -0.2) is 4.98 Å². The molecule has 0 bridgehead atoms. The van der Waals surface area contributed by atoms with E-state index in [0.29, 0.717) is 0 Å². The van der Waals surface area contributed by atoms with Crippen LogP contribution in [0.1, 0.15) is 37.8 Å². The van der Waals surface area contributed by atoms with E-state index in [-0.39, 0.29) is 5.41 Å². The Morgan fingerprint density at radius 3 is 2.33 bits per heavy atom. The van der Waals surface area contributed by atoms with E-state index in [1.165, 1.54) is 36.1 Å². The molecular formula is C24H20INS. The fourth-order valence-corrected chi connectivity index (χ4v) is 6.06. The molecule has 1 aliphatic rings. The zero-order valence-corrected chi connectivity index (χ0v) is 18.4. The summed E-state index contributed by atoms with van der Waals surface area (Å²) in [7, 11) is 0. The van der Waals surface area contributed by atoms with Gasteiger partial charge in [0.15, 0.2) is 0 Å². The summed E-state index contributed by atoms with van der Waals surface area (Å²) in [5.74, 6) is 0. The van der Waals surface area contributed by atoms with E-state index in [4.69, 9.17) is 4.98 Å². The van der Waals surface area contributed by atoms with Gasteiger partial charge in [-0.1, -0.05) is 44.2 Å². The molecule has 0 N–H and O–H groups in total. The Hall–Kier alpha value is -1.72. The van der Waals surface area contributed by atoms with Gasteiger partial charge in [0, 0.05) is 14.5 Å². The van der Waals surface area contributed by atoms with Gasteiger partial charge in [0.2, 0.25) is 0 Å². The normalized spacial score (nSPS) is 14.3. The van der Waals surface area contributed by atoms with Gasteiger partial charge in [-0.25, -0.2) is 4.98 Å². The number of nitrogens with zero attached hydrogens (tertiary/aromatic N) is 1. The van der Waals surface area contributed by atoms with Crippen LogP contribution in [0.5, 0.6) is 0 Å². The summed E-state index contributed by atoms with van der Waals surface area (Å²) in [6, 6.07) is 22.3. The first-order valence-corrected chi connectivity index (χ1v) is 11.4. The number of rotatable bonds is 3. The van der Waals surface area contributed by atoms with Gasteiger partial charge in [-0.3, -0.25) is 0 Å². The highest BCUT2D eigenvalue weighted by atomic mass is 127. The SMILES string of the molecule is CCC1(CC)c2cc(I)ccc2-c2ccc(-c3nc4ccccc4s3)cc21. The second kappa shape index (κ2) is 6.42. The first kappa shape index (κ1) is 17.4. The van der Waals surface area contributed by atoms with Crippen molar-refractivity contribution in [2.75, 3.05) is 0 Å². The van der Waals surface area contributed by atoms with Crippen LogP contribution in [0.2, 0.25) is 0 Å². The van der Waals surface area contributed by atoms with E-state index in [9.17, 15) is 0 Å². The Kier molecular flexibility index (Phi) is 4.13. The summed E-state index contributed by atoms with van der Waals surface area (Å²) in [6.45, 7) is 4.65. The number of benzene rings is 3. The number of para-hydroxylation sites is 1. The Morgan fingerprint density at radius 1 is 0.889 bits per heavy atom. The number of thiazole rings is 1. The average molecular weight is 481 g/mol. The van der Waals surface area contributed by atoms with E-state index >= 15 is 0 Å². The van der Waals surface area contributed by atoms with Crippen LogP contribution in [0.4, 0.5) is 0 Å². The number of hydrogen-bond acceptors (Lipinski definition) is 2. The van der Waals surface area contributed by atoms with Gasteiger partial charge in [-0.15, -0.1) is 11.3 Å². The summed E-state index contributed by atoms with van der Waals surface area (Å²) in [4.78, 5) is 4.89. The van der Waals surface area contributed by atoms with Crippen molar-refractivity contribution in [1.82, 2.24) is 4.98 Å². The zero-order chi connectivity index (χ0) is 18.6. The third kappa shape index (κ3) is 2.51. The van der Waals surface area contributed by atoms with Gasteiger partial charge in [-0.05, 0) is 88.0 Å². The maximum Gasteiger partial charge on any atom is 0.124 e. The van der Waals surface area contributed by atoms with Crippen LogP contribution in [0.3, 0.4) is 0 Å². The maximum atomic E-state index is 4.89. The fourth-order valence-electron chi connectivity index (χ4n) is 4.61. The molecule has 5 rings (SSSR count). The number of aromatic nitrogens is 1. The summed E-state index contributed by atoms with van der Waals surface area (Å²) in [5, 5.41) is 1.12. The van der Waals surface area contributed by atoms with E-state index < -0.39 is 0 Å². The van der Waals surface area contributed by atoms with Crippen molar-refractivity contribution < 1.29 is 0 Å². The molecule has 3 aromatic carbocycles. The van der Waals surface area contributed by atoms with Gasteiger partial charge in [-0.2, -0.15) is 0 Å². The Labute approximate surface area is 177 Å². The molecule has 0 radical (unpaired) electrons. The summed E-state index contributed by atoms with van der Waals surface area (Å²) < 4.78 is 2.57. The lowest BCUT2D eigenvalue weighted by Gasteiger charge is -2.30. The Morgan fingerprint density at radius 2 is 1.59 bits per heavy atom. The molecule has 27 heavy (non-hydrogen) atoms. The monoisotopic (exact) mass is 481 g/mol. The lowest BCUT2D eigenvalue weighted by Crippen LogP contribution is -2.23. The van der Waals surface area contributed by atoms with Crippen LogP contribution in [0.25, 0.3) is 31.9 Å². The van der Waals surface area contributed by atoms with E-state index in [0.717, 1.165) is 23.4 Å². The maximum absolute atomic E-state index is 4.89. The molecule has 134 valence electrons. The van der Waals surface area contributed by atoms with Gasteiger partial charge < -0.3 is 0 Å². The highest BCUT2D eigenvalue weighted by Gasteiger charge is 2.40. The van der Waals surface area contributed by atoms with Gasteiger partial charge in [0.1, 0.15) is 5.01 Å². The van der Waals surface area contributed by atoms with E-state index in [1.54, 1.807) is 11.3 Å². The molecule has 1 aromatic heterocycles. The minimum Gasteiger partial charge on any atom is -0.236 e. The molecule has 0 unspecified atom stereocenters. The lowest BCUT2D eigenvalue weighted by molar-refractivity contribution is 0.490. The second-order valence-corrected chi connectivity index (χ2v) is 9.50. The Balaban J connectivity index is 1.73. The van der Waals surface area contributed by atoms with Gasteiger partial charge in [0.05, 0.1) is 10.2 Å². The van der Waals surface area contributed by atoms with Crippen molar-refractivity contribution in [2.24, 2.45) is 0 Å². The molecule has 3 heteroatoms. The number of fused-ring (bicyclic) bond motifs is 4. The number of halogens is 1. The largest absolute Gasteiger partial charge is 0.236 e. The molecule has 0 aliphatic heterocycles. The lowest BCUT2D eigenvalue weighted by atomic mass is 9.73. The molecule has 1 nitrogen and oxygen atoms in total. The van der Waals surface area contributed by atoms with Crippen LogP contribution in [0.15, 0.2) is 60.7 Å². The zero-order valence-electron chi connectivity index (χ0n) is 15.4.